The topological polar surface area (TPSA) is 51.4 Å². The molecule has 0 spiro atoms. The van der Waals surface area contributed by atoms with Gasteiger partial charge in [-0.3, -0.25) is 0 Å². The molecule has 0 saturated carbocycles. The Morgan fingerprint density at radius 3 is 2.74 bits per heavy atom. The molecular formula is C15H17N3O. The third-order valence-corrected chi connectivity index (χ3v) is 3.52. The van der Waals surface area contributed by atoms with Gasteiger partial charge < -0.3 is 15.4 Å². The number of methoxy groups -OCH3 is 1. The molecular weight excluding hydrogens is 238 g/mol. The van der Waals surface area contributed by atoms with Crippen LogP contribution in [-0.2, 0) is 13.0 Å². The minimum absolute atomic E-state index is 0.600. The molecule has 1 aliphatic heterocycles. The summed E-state index contributed by atoms with van der Waals surface area (Å²) >= 11 is 0. The maximum atomic E-state index is 6.04. The second-order valence-electron chi connectivity index (χ2n) is 4.71. The minimum atomic E-state index is 0.600. The third-order valence-electron chi connectivity index (χ3n) is 3.52. The number of pyridine rings is 1. The molecule has 2 aromatic rings. The van der Waals surface area contributed by atoms with Crippen LogP contribution in [0.5, 0.6) is 5.88 Å². The Kier molecular flexibility index (Phi) is 2.99. The maximum Gasteiger partial charge on any atom is 0.215 e. The summed E-state index contributed by atoms with van der Waals surface area (Å²) in [4.78, 5) is 6.67. The van der Waals surface area contributed by atoms with Crippen LogP contribution in [0.2, 0.25) is 0 Å². The Labute approximate surface area is 112 Å². The largest absolute Gasteiger partial charge is 0.481 e. The Hall–Kier alpha value is -2.23. The highest BCUT2D eigenvalue weighted by molar-refractivity contribution is 5.64. The Bertz CT molecular complexity index is 598. The molecule has 2 N–H and O–H groups in total. The first-order valence-electron chi connectivity index (χ1n) is 6.40. The van der Waals surface area contributed by atoms with Crippen LogP contribution in [0, 0.1) is 0 Å². The highest BCUT2D eigenvalue weighted by Crippen LogP contribution is 2.28. The Morgan fingerprint density at radius 2 is 1.95 bits per heavy atom. The third kappa shape index (κ3) is 2.21. The zero-order valence-electron chi connectivity index (χ0n) is 11.0. The van der Waals surface area contributed by atoms with E-state index in [1.807, 2.05) is 6.07 Å². The first-order chi connectivity index (χ1) is 9.28. The van der Waals surface area contributed by atoms with Crippen LogP contribution in [0.1, 0.15) is 11.1 Å². The standard InChI is InChI=1S/C15H17N3O/c1-19-14-7-6-13(16)15(17-14)18-9-8-11-4-2-3-5-12(11)10-18/h2-7H,8-10,16H2,1H3. The number of hydrogen-bond donors (Lipinski definition) is 1. The van der Waals surface area contributed by atoms with Crippen molar-refractivity contribution in [2.75, 3.05) is 24.3 Å². The predicted molar refractivity (Wildman–Crippen MR) is 76.4 cm³/mol. The number of aromatic nitrogens is 1. The number of nitrogens with zero attached hydrogens (tertiary/aromatic N) is 2. The average Bonchev–Trinajstić information content (AvgIpc) is 2.47. The van der Waals surface area contributed by atoms with Crippen molar-refractivity contribution in [2.45, 2.75) is 13.0 Å². The van der Waals surface area contributed by atoms with E-state index in [1.54, 1.807) is 13.2 Å². The zero-order chi connectivity index (χ0) is 13.2. The summed E-state index contributed by atoms with van der Waals surface area (Å²) in [6.45, 7) is 1.78. The van der Waals surface area contributed by atoms with E-state index < -0.39 is 0 Å². The van der Waals surface area contributed by atoms with Gasteiger partial charge in [-0.25, -0.2) is 0 Å². The molecule has 0 amide bonds. The molecule has 1 aliphatic rings. The molecule has 0 atom stereocenters. The SMILES string of the molecule is COc1ccc(N)c(N2CCc3ccccc3C2)n1. The molecule has 0 unspecified atom stereocenters. The maximum absolute atomic E-state index is 6.04. The fourth-order valence-corrected chi connectivity index (χ4v) is 2.49. The van der Waals surface area contributed by atoms with Crippen LogP contribution in [-0.4, -0.2) is 18.6 Å². The van der Waals surface area contributed by atoms with E-state index in [4.69, 9.17) is 10.5 Å². The Balaban J connectivity index is 1.92. The normalized spacial score (nSPS) is 14.1. The van der Waals surface area contributed by atoms with E-state index in [1.165, 1.54) is 11.1 Å². The van der Waals surface area contributed by atoms with Gasteiger partial charge in [0.25, 0.3) is 0 Å². The predicted octanol–water partition coefficient (Wildman–Crippen LogP) is 2.24. The fraction of sp³-hybridized carbons (Fsp3) is 0.267. The molecule has 1 aromatic heterocycles. The van der Waals surface area contributed by atoms with Crippen molar-refractivity contribution in [2.24, 2.45) is 0 Å². The van der Waals surface area contributed by atoms with E-state index in [2.05, 4.69) is 34.1 Å². The molecule has 0 bridgehead atoms. The smallest absolute Gasteiger partial charge is 0.215 e. The van der Waals surface area contributed by atoms with Crippen molar-refractivity contribution in [3.63, 3.8) is 0 Å². The van der Waals surface area contributed by atoms with Crippen molar-refractivity contribution in [3.8, 4) is 5.88 Å². The van der Waals surface area contributed by atoms with Crippen LogP contribution in [0.15, 0.2) is 36.4 Å². The first kappa shape index (κ1) is 11.8. The van der Waals surface area contributed by atoms with Gasteiger partial charge in [-0.05, 0) is 23.6 Å². The summed E-state index contributed by atoms with van der Waals surface area (Å²) in [5.41, 5.74) is 9.49. The van der Waals surface area contributed by atoms with E-state index in [9.17, 15) is 0 Å². The summed E-state index contributed by atoms with van der Waals surface area (Å²) in [5, 5.41) is 0. The molecule has 4 nitrogen and oxygen atoms in total. The molecule has 98 valence electrons. The van der Waals surface area contributed by atoms with Gasteiger partial charge in [0, 0.05) is 19.2 Å². The molecule has 1 aromatic carbocycles. The van der Waals surface area contributed by atoms with Crippen LogP contribution in [0.25, 0.3) is 0 Å². The van der Waals surface area contributed by atoms with Crippen molar-refractivity contribution in [1.29, 1.82) is 0 Å². The monoisotopic (exact) mass is 255 g/mol. The summed E-state index contributed by atoms with van der Waals surface area (Å²) in [6, 6.07) is 12.2. The molecule has 0 radical (unpaired) electrons. The summed E-state index contributed by atoms with van der Waals surface area (Å²) in [7, 11) is 1.62. The van der Waals surface area contributed by atoms with Gasteiger partial charge in [-0.1, -0.05) is 24.3 Å². The highest BCUT2D eigenvalue weighted by Gasteiger charge is 2.19. The van der Waals surface area contributed by atoms with Gasteiger partial charge in [0.15, 0.2) is 5.82 Å². The van der Waals surface area contributed by atoms with Crippen LogP contribution in [0.3, 0.4) is 0 Å². The number of hydrogen-bond acceptors (Lipinski definition) is 4. The summed E-state index contributed by atoms with van der Waals surface area (Å²) in [5.74, 6) is 1.41. The minimum Gasteiger partial charge on any atom is -0.481 e. The molecule has 3 rings (SSSR count). The molecule has 2 heterocycles. The van der Waals surface area contributed by atoms with Crippen molar-refractivity contribution < 1.29 is 4.74 Å². The Morgan fingerprint density at radius 1 is 1.16 bits per heavy atom. The number of anilines is 2. The average molecular weight is 255 g/mol. The van der Waals surface area contributed by atoms with Crippen molar-refractivity contribution in [3.05, 3.63) is 47.5 Å². The van der Waals surface area contributed by atoms with E-state index in [0.29, 0.717) is 11.6 Å². The zero-order valence-corrected chi connectivity index (χ0v) is 11.0. The second kappa shape index (κ2) is 4.80. The van der Waals surface area contributed by atoms with Gasteiger partial charge in [-0.15, -0.1) is 0 Å². The quantitative estimate of drug-likeness (QED) is 0.894. The van der Waals surface area contributed by atoms with Crippen molar-refractivity contribution in [1.82, 2.24) is 4.98 Å². The van der Waals surface area contributed by atoms with Crippen LogP contribution in [0.4, 0.5) is 11.5 Å². The number of ether oxygens (including phenoxy) is 1. The number of nitrogens with two attached hydrogens (primary N) is 1. The lowest BCUT2D eigenvalue weighted by atomic mass is 10.00. The van der Waals surface area contributed by atoms with E-state index in [0.717, 1.165) is 25.3 Å². The number of rotatable bonds is 2. The lowest BCUT2D eigenvalue weighted by Gasteiger charge is -2.30. The van der Waals surface area contributed by atoms with Gasteiger partial charge in [0.05, 0.1) is 12.8 Å². The van der Waals surface area contributed by atoms with Gasteiger partial charge in [0.2, 0.25) is 5.88 Å². The second-order valence-corrected chi connectivity index (χ2v) is 4.71. The van der Waals surface area contributed by atoms with E-state index in [-0.39, 0.29) is 0 Å². The molecule has 4 heteroatoms. The summed E-state index contributed by atoms with van der Waals surface area (Å²) < 4.78 is 5.18. The van der Waals surface area contributed by atoms with Crippen molar-refractivity contribution >= 4 is 11.5 Å². The lowest BCUT2D eigenvalue weighted by Crippen LogP contribution is -2.31. The number of benzene rings is 1. The fourth-order valence-electron chi connectivity index (χ4n) is 2.49. The number of nitrogen functional groups attached to an aromatic ring is 1. The first-order valence-corrected chi connectivity index (χ1v) is 6.40. The summed E-state index contributed by atoms with van der Waals surface area (Å²) in [6.07, 6.45) is 1.02. The van der Waals surface area contributed by atoms with Gasteiger partial charge in [0.1, 0.15) is 0 Å². The molecule has 19 heavy (non-hydrogen) atoms. The van der Waals surface area contributed by atoms with Gasteiger partial charge >= 0.3 is 0 Å². The lowest BCUT2D eigenvalue weighted by molar-refractivity contribution is 0.398. The van der Waals surface area contributed by atoms with Crippen LogP contribution < -0.4 is 15.4 Å². The number of fused-ring (bicyclic) bond motifs is 1. The van der Waals surface area contributed by atoms with E-state index >= 15 is 0 Å². The molecule has 0 aliphatic carbocycles. The van der Waals surface area contributed by atoms with Gasteiger partial charge in [-0.2, -0.15) is 4.98 Å². The highest BCUT2D eigenvalue weighted by atomic mass is 16.5. The van der Waals surface area contributed by atoms with Crippen LogP contribution >= 0.6 is 0 Å². The molecule has 0 fully saturated rings. The molecule has 0 saturated heterocycles.